The zero-order valence-corrected chi connectivity index (χ0v) is 12.9. The van der Waals surface area contributed by atoms with Gasteiger partial charge in [0.15, 0.2) is 9.84 Å². The molecule has 6 heteroatoms. The SMILES string of the molecule is C#CCN(C(=O)C1C2CCC(C2)C1N)C1CCS(=O)(=O)C1. The van der Waals surface area contributed by atoms with E-state index in [4.69, 9.17) is 12.2 Å². The molecule has 2 aliphatic carbocycles. The Hall–Kier alpha value is -1.06. The van der Waals surface area contributed by atoms with Crippen LogP contribution in [0.2, 0.25) is 0 Å². The van der Waals surface area contributed by atoms with E-state index in [2.05, 4.69) is 5.92 Å². The van der Waals surface area contributed by atoms with Crippen molar-refractivity contribution in [3.63, 3.8) is 0 Å². The van der Waals surface area contributed by atoms with E-state index in [-0.39, 0.29) is 42.0 Å². The van der Waals surface area contributed by atoms with Crippen LogP contribution in [0.1, 0.15) is 25.7 Å². The van der Waals surface area contributed by atoms with Crippen LogP contribution in [0.15, 0.2) is 0 Å². The van der Waals surface area contributed by atoms with Gasteiger partial charge in [0.2, 0.25) is 5.91 Å². The molecular weight excluding hydrogens is 288 g/mol. The summed E-state index contributed by atoms with van der Waals surface area (Å²) in [6.07, 6.45) is 9.08. The summed E-state index contributed by atoms with van der Waals surface area (Å²) in [6, 6.07) is -0.362. The molecule has 0 aromatic carbocycles. The summed E-state index contributed by atoms with van der Waals surface area (Å²) in [4.78, 5) is 14.5. The van der Waals surface area contributed by atoms with Crippen LogP contribution >= 0.6 is 0 Å². The molecule has 3 aliphatic rings. The Morgan fingerprint density at radius 1 is 1.29 bits per heavy atom. The first-order chi connectivity index (χ1) is 9.93. The van der Waals surface area contributed by atoms with Crippen molar-refractivity contribution < 1.29 is 13.2 Å². The fourth-order valence-corrected chi connectivity index (χ4v) is 6.13. The summed E-state index contributed by atoms with van der Waals surface area (Å²) in [5.41, 5.74) is 6.23. The number of sulfone groups is 1. The lowest BCUT2D eigenvalue weighted by atomic mass is 9.83. The van der Waals surface area contributed by atoms with Crippen molar-refractivity contribution in [3.8, 4) is 12.3 Å². The van der Waals surface area contributed by atoms with Gasteiger partial charge in [-0.15, -0.1) is 6.42 Å². The molecule has 3 rings (SSSR count). The van der Waals surface area contributed by atoms with Gasteiger partial charge in [0.05, 0.1) is 24.0 Å². The van der Waals surface area contributed by atoms with E-state index in [9.17, 15) is 13.2 Å². The summed E-state index contributed by atoms with van der Waals surface area (Å²) < 4.78 is 23.3. The third-order valence-electron chi connectivity index (χ3n) is 5.46. The fourth-order valence-electron chi connectivity index (χ4n) is 4.40. The van der Waals surface area contributed by atoms with Crippen molar-refractivity contribution in [2.45, 2.75) is 37.8 Å². The van der Waals surface area contributed by atoms with Crippen LogP contribution in [-0.2, 0) is 14.6 Å². The second kappa shape index (κ2) is 5.29. The Morgan fingerprint density at radius 3 is 2.52 bits per heavy atom. The van der Waals surface area contributed by atoms with Crippen LogP contribution in [0.25, 0.3) is 0 Å². The predicted octanol–water partition coefficient (Wildman–Crippen LogP) is 0.00870. The molecule has 2 N–H and O–H groups in total. The summed E-state index contributed by atoms with van der Waals surface area (Å²) in [5.74, 6) is 3.31. The van der Waals surface area contributed by atoms with Crippen LogP contribution in [0.3, 0.4) is 0 Å². The molecule has 3 fully saturated rings. The molecule has 0 spiro atoms. The van der Waals surface area contributed by atoms with Crippen molar-refractivity contribution in [2.24, 2.45) is 23.5 Å². The van der Waals surface area contributed by atoms with Crippen LogP contribution in [0.4, 0.5) is 0 Å². The van der Waals surface area contributed by atoms with Crippen molar-refractivity contribution in [1.82, 2.24) is 4.90 Å². The molecule has 1 saturated heterocycles. The highest BCUT2D eigenvalue weighted by molar-refractivity contribution is 7.91. The molecule has 116 valence electrons. The van der Waals surface area contributed by atoms with Crippen molar-refractivity contribution in [1.29, 1.82) is 0 Å². The number of amides is 1. The van der Waals surface area contributed by atoms with E-state index < -0.39 is 9.84 Å². The number of carbonyl (C=O) groups excluding carboxylic acids is 1. The maximum Gasteiger partial charge on any atom is 0.228 e. The molecule has 5 unspecified atom stereocenters. The fraction of sp³-hybridized carbons (Fsp3) is 0.800. The standard InChI is InChI=1S/C15H22N2O3S/c1-2-6-17(12-5-7-21(19,20)9-12)15(18)13-10-3-4-11(8-10)14(13)16/h1,10-14H,3-9,16H2. The van der Waals surface area contributed by atoms with Crippen LogP contribution in [0, 0.1) is 30.1 Å². The highest BCUT2D eigenvalue weighted by Crippen LogP contribution is 2.48. The summed E-state index contributed by atoms with van der Waals surface area (Å²) >= 11 is 0. The van der Waals surface area contributed by atoms with Crippen LogP contribution in [-0.4, -0.2) is 49.4 Å². The number of fused-ring (bicyclic) bond motifs is 2. The third kappa shape index (κ3) is 2.58. The minimum Gasteiger partial charge on any atom is -0.327 e. The van der Waals surface area contributed by atoms with Gasteiger partial charge in [-0.05, 0) is 37.5 Å². The van der Waals surface area contributed by atoms with E-state index in [1.807, 2.05) is 0 Å². The maximum atomic E-state index is 12.9. The predicted molar refractivity (Wildman–Crippen MR) is 79.9 cm³/mol. The number of hydrogen-bond donors (Lipinski definition) is 1. The minimum atomic E-state index is -3.03. The Morgan fingerprint density at radius 2 is 2.00 bits per heavy atom. The van der Waals surface area contributed by atoms with E-state index in [1.165, 1.54) is 0 Å². The molecule has 5 atom stereocenters. The quantitative estimate of drug-likeness (QED) is 0.745. The zero-order valence-electron chi connectivity index (χ0n) is 12.1. The molecule has 1 heterocycles. The van der Waals surface area contributed by atoms with E-state index in [0.29, 0.717) is 18.3 Å². The molecule has 1 amide bonds. The Kier molecular flexibility index (Phi) is 3.74. The van der Waals surface area contributed by atoms with Crippen molar-refractivity contribution >= 4 is 15.7 Å². The lowest BCUT2D eigenvalue weighted by molar-refractivity contribution is -0.139. The van der Waals surface area contributed by atoms with Gasteiger partial charge in [-0.3, -0.25) is 4.79 Å². The van der Waals surface area contributed by atoms with E-state index in [1.54, 1.807) is 4.90 Å². The topological polar surface area (TPSA) is 80.5 Å². The molecule has 5 nitrogen and oxygen atoms in total. The summed E-state index contributed by atoms with van der Waals surface area (Å²) in [5, 5.41) is 0. The molecule has 0 aromatic heterocycles. The van der Waals surface area contributed by atoms with Gasteiger partial charge in [0, 0.05) is 12.1 Å². The number of nitrogens with two attached hydrogens (primary N) is 1. The molecule has 0 radical (unpaired) electrons. The highest BCUT2D eigenvalue weighted by Gasteiger charge is 2.51. The molecule has 1 aliphatic heterocycles. The van der Waals surface area contributed by atoms with Gasteiger partial charge >= 0.3 is 0 Å². The Bertz CT molecular complexity index is 578. The monoisotopic (exact) mass is 310 g/mol. The van der Waals surface area contributed by atoms with Crippen LogP contribution in [0.5, 0.6) is 0 Å². The number of terminal acetylenes is 1. The van der Waals surface area contributed by atoms with Crippen LogP contribution < -0.4 is 5.73 Å². The van der Waals surface area contributed by atoms with Crippen molar-refractivity contribution in [2.75, 3.05) is 18.1 Å². The van der Waals surface area contributed by atoms with E-state index >= 15 is 0 Å². The summed E-state index contributed by atoms with van der Waals surface area (Å²) in [6.45, 7) is 0.180. The third-order valence-corrected chi connectivity index (χ3v) is 7.21. The molecule has 0 aromatic rings. The molecular formula is C15H22N2O3S. The summed E-state index contributed by atoms with van der Waals surface area (Å²) in [7, 11) is -3.03. The number of carbonyl (C=O) groups is 1. The normalized spacial score (nSPS) is 40.1. The number of hydrogen-bond acceptors (Lipinski definition) is 4. The zero-order chi connectivity index (χ0) is 15.2. The average molecular weight is 310 g/mol. The maximum absolute atomic E-state index is 12.9. The van der Waals surface area contributed by atoms with Gasteiger partial charge in [-0.25, -0.2) is 8.42 Å². The van der Waals surface area contributed by atoms with Gasteiger partial charge < -0.3 is 10.6 Å². The molecule has 2 saturated carbocycles. The first kappa shape index (κ1) is 14.9. The first-order valence-electron chi connectivity index (χ1n) is 7.63. The lowest BCUT2D eigenvalue weighted by Crippen LogP contribution is -2.51. The smallest absolute Gasteiger partial charge is 0.228 e. The second-order valence-electron chi connectivity index (χ2n) is 6.66. The van der Waals surface area contributed by atoms with Gasteiger partial charge in [0.1, 0.15) is 0 Å². The van der Waals surface area contributed by atoms with Gasteiger partial charge in [0.25, 0.3) is 0 Å². The first-order valence-corrected chi connectivity index (χ1v) is 9.45. The highest BCUT2D eigenvalue weighted by atomic mass is 32.2. The Labute approximate surface area is 126 Å². The lowest BCUT2D eigenvalue weighted by Gasteiger charge is -2.34. The van der Waals surface area contributed by atoms with Gasteiger partial charge in [-0.2, -0.15) is 0 Å². The molecule has 2 bridgehead atoms. The van der Waals surface area contributed by atoms with E-state index in [0.717, 1.165) is 19.3 Å². The van der Waals surface area contributed by atoms with Gasteiger partial charge in [-0.1, -0.05) is 5.92 Å². The largest absolute Gasteiger partial charge is 0.327 e. The second-order valence-corrected chi connectivity index (χ2v) is 8.89. The Balaban J connectivity index is 1.78. The average Bonchev–Trinajstić information content (AvgIpc) is 3.09. The van der Waals surface area contributed by atoms with Crippen molar-refractivity contribution in [3.05, 3.63) is 0 Å². The number of nitrogens with zero attached hydrogens (tertiary/aromatic N) is 1. The number of rotatable bonds is 3. The minimum absolute atomic E-state index is 0.0187. The molecule has 21 heavy (non-hydrogen) atoms.